The molecule has 0 atom stereocenters. The third-order valence-corrected chi connectivity index (χ3v) is 2.48. The van der Waals surface area contributed by atoms with Crippen LogP contribution in [0.15, 0.2) is 22.7 Å². The van der Waals surface area contributed by atoms with Crippen LogP contribution < -0.4 is 5.32 Å². The smallest absolute Gasteiger partial charge is 0.411 e. The zero-order valence-electron chi connectivity index (χ0n) is 9.83. The summed E-state index contributed by atoms with van der Waals surface area (Å²) in [6.45, 7) is -2.38. The van der Waals surface area contributed by atoms with Crippen LogP contribution in [0.5, 0.6) is 0 Å². The van der Waals surface area contributed by atoms with E-state index in [0.29, 0.717) is 4.47 Å². The zero-order valence-corrected chi connectivity index (χ0v) is 11.4. The number of carboxylic acids is 1. The van der Waals surface area contributed by atoms with Crippen molar-refractivity contribution in [2.75, 3.05) is 18.5 Å². The van der Waals surface area contributed by atoms with Crippen LogP contribution in [0, 0.1) is 0 Å². The normalized spacial score (nSPS) is 11.2. The van der Waals surface area contributed by atoms with Crippen molar-refractivity contribution in [2.45, 2.75) is 6.18 Å². The summed E-state index contributed by atoms with van der Waals surface area (Å²) in [6.07, 6.45) is -4.53. The zero-order chi connectivity index (χ0) is 15.3. The molecule has 0 bridgehead atoms. The molecule has 110 valence electrons. The number of anilines is 1. The summed E-state index contributed by atoms with van der Waals surface area (Å²) < 4.78 is 40.1. The summed E-state index contributed by atoms with van der Waals surface area (Å²) in [5, 5.41) is 11.1. The molecule has 0 saturated carbocycles. The van der Waals surface area contributed by atoms with E-state index in [9.17, 15) is 22.8 Å². The minimum atomic E-state index is -4.53. The molecular weight excluding hydrogens is 347 g/mol. The Morgan fingerprint density at radius 3 is 2.55 bits per heavy atom. The van der Waals surface area contributed by atoms with Crippen molar-refractivity contribution < 1.29 is 32.6 Å². The van der Waals surface area contributed by atoms with Gasteiger partial charge in [-0.1, -0.05) is 15.9 Å². The van der Waals surface area contributed by atoms with Crippen LogP contribution in [0.25, 0.3) is 0 Å². The maximum Gasteiger partial charge on any atom is 0.411 e. The van der Waals surface area contributed by atoms with Gasteiger partial charge in [0.1, 0.15) is 13.2 Å². The Hall–Kier alpha value is -1.61. The first-order chi connectivity index (χ1) is 9.19. The number of rotatable bonds is 5. The molecule has 0 unspecified atom stereocenters. The Bertz CT molecular complexity index is 519. The molecule has 0 heterocycles. The molecule has 1 aromatic rings. The van der Waals surface area contributed by atoms with E-state index in [4.69, 9.17) is 5.11 Å². The van der Waals surface area contributed by atoms with Gasteiger partial charge in [0.25, 0.3) is 0 Å². The number of carbonyl (C=O) groups is 2. The number of nitrogens with one attached hydrogen (secondary N) is 1. The third-order valence-electron chi connectivity index (χ3n) is 1.98. The highest BCUT2D eigenvalue weighted by Gasteiger charge is 2.27. The van der Waals surface area contributed by atoms with Crippen LogP contribution >= 0.6 is 15.9 Å². The first-order valence-corrected chi connectivity index (χ1v) is 5.95. The second-order valence-electron chi connectivity index (χ2n) is 3.65. The largest absolute Gasteiger partial charge is 0.478 e. The summed E-state index contributed by atoms with van der Waals surface area (Å²) in [7, 11) is 0. The summed E-state index contributed by atoms with van der Waals surface area (Å²) in [6, 6.07) is 4.03. The van der Waals surface area contributed by atoms with Gasteiger partial charge in [0, 0.05) is 4.47 Å². The lowest BCUT2D eigenvalue weighted by Crippen LogP contribution is -2.24. The molecule has 9 heteroatoms. The van der Waals surface area contributed by atoms with Gasteiger partial charge < -0.3 is 15.2 Å². The molecule has 0 fully saturated rings. The van der Waals surface area contributed by atoms with Crippen molar-refractivity contribution in [3.63, 3.8) is 0 Å². The number of hydrogen-bond acceptors (Lipinski definition) is 3. The van der Waals surface area contributed by atoms with E-state index in [1.165, 1.54) is 18.2 Å². The van der Waals surface area contributed by atoms with Gasteiger partial charge in [-0.2, -0.15) is 13.2 Å². The number of carbonyl (C=O) groups excluding carboxylic acids is 1. The third kappa shape index (κ3) is 5.57. The Balaban J connectivity index is 2.66. The maximum atomic E-state index is 11.8. The number of ether oxygens (including phenoxy) is 1. The Kier molecular flexibility index (Phi) is 5.52. The second kappa shape index (κ2) is 6.71. The number of benzene rings is 1. The fourth-order valence-corrected chi connectivity index (χ4v) is 1.61. The molecular formula is C11H9BrF3NO4. The summed E-state index contributed by atoms with van der Waals surface area (Å²) in [4.78, 5) is 22.3. The molecule has 1 amide bonds. The topological polar surface area (TPSA) is 75.6 Å². The lowest BCUT2D eigenvalue weighted by Gasteiger charge is -2.10. The van der Waals surface area contributed by atoms with E-state index in [0.717, 1.165) is 0 Å². The average Bonchev–Trinajstić information content (AvgIpc) is 2.26. The van der Waals surface area contributed by atoms with E-state index in [-0.39, 0.29) is 11.3 Å². The predicted molar refractivity (Wildman–Crippen MR) is 66.6 cm³/mol. The van der Waals surface area contributed by atoms with Gasteiger partial charge >= 0.3 is 12.1 Å². The molecule has 1 rings (SSSR count). The molecule has 0 aliphatic rings. The quantitative estimate of drug-likeness (QED) is 0.851. The Labute approximate surface area is 119 Å². The number of aromatic carboxylic acids is 1. The monoisotopic (exact) mass is 355 g/mol. The van der Waals surface area contributed by atoms with Gasteiger partial charge in [-0.05, 0) is 18.2 Å². The van der Waals surface area contributed by atoms with Crippen molar-refractivity contribution in [2.24, 2.45) is 0 Å². The van der Waals surface area contributed by atoms with Crippen molar-refractivity contribution in [1.82, 2.24) is 0 Å². The van der Waals surface area contributed by atoms with E-state index in [1.807, 2.05) is 0 Å². The summed E-state index contributed by atoms with van der Waals surface area (Å²) >= 11 is 3.09. The molecule has 1 aromatic carbocycles. The lowest BCUT2D eigenvalue weighted by molar-refractivity contribution is -0.174. The van der Waals surface area contributed by atoms with Gasteiger partial charge in [-0.25, -0.2) is 4.79 Å². The Morgan fingerprint density at radius 1 is 1.35 bits per heavy atom. The minimum Gasteiger partial charge on any atom is -0.478 e. The van der Waals surface area contributed by atoms with Crippen LogP contribution in [0.1, 0.15) is 10.4 Å². The first-order valence-electron chi connectivity index (χ1n) is 5.16. The molecule has 0 aromatic heterocycles. The van der Waals surface area contributed by atoms with Crippen molar-refractivity contribution in [1.29, 1.82) is 0 Å². The van der Waals surface area contributed by atoms with Crippen LogP contribution in [-0.2, 0) is 9.53 Å². The van der Waals surface area contributed by atoms with Crippen LogP contribution in [-0.4, -0.2) is 36.4 Å². The fraction of sp³-hybridized carbons (Fsp3) is 0.273. The van der Waals surface area contributed by atoms with Gasteiger partial charge in [0.2, 0.25) is 5.91 Å². The van der Waals surface area contributed by atoms with E-state index >= 15 is 0 Å². The Morgan fingerprint density at radius 2 is 2.00 bits per heavy atom. The lowest BCUT2D eigenvalue weighted by atomic mass is 10.2. The SMILES string of the molecule is O=C(COCC(F)(F)F)Nc1cc(Br)ccc1C(=O)O. The molecule has 0 aliphatic heterocycles. The average molecular weight is 356 g/mol. The number of halogens is 4. The van der Waals surface area contributed by atoms with Crippen molar-refractivity contribution in [3.8, 4) is 0 Å². The fourth-order valence-electron chi connectivity index (χ4n) is 1.25. The van der Waals surface area contributed by atoms with Gasteiger partial charge in [-0.15, -0.1) is 0 Å². The molecule has 20 heavy (non-hydrogen) atoms. The highest BCUT2D eigenvalue weighted by atomic mass is 79.9. The van der Waals surface area contributed by atoms with Crippen LogP contribution in [0.2, 0.25) is 0 Å². The molecule has 0 radical (unpaired) electrons. The molecule has 0 aliphatic carbocycles. The summed E-state index contributed by atoms with van der Waals surface area (Å²) in [5.41, 5.74) is -0.218. The number of carboxylic acid groups (broad SMARTS) is 1. The highest BCUT2D eigenvalue weighted by Crippen LogP contribution is 2.21. The van der Waals surface area contributed by atoms with E-state index in [2.05, 4.69) is 26.0 Å². The minimum absolute atomic E-state index is 0.0347. The van der Waals surface area contributed by atoms with Crippen molar-refractivity contribution in [3.05, 3.63) is 28.2 Å². The van der Waals surface area contributed by atoms with Crippen LogP contribution in [0.4, 0.5) is 18.9 Å². The molecule has 0 spiro atoms. The second-order valence-corrected chi connectivity index (χ2v) is 4.57. The van der Waals surface area contributed by atoms with E-state index < -0.39 is 31.3 Å². The number of alkyl halides is 3. The predicted octanol–water partition coefficient (Wildman–Crippen LogP) is 2.66. The standard InChI is InChI=1S/C11H9BrF3NO4/c12-6-1-2-7(10(18)19)8(3-6)16-9(17)4-20-5-11(13,14)15/h1-3H,4-5H2,(H,16,17)(H,18,19). The molecule has 0 saturated heterocycles. The number of amides is 1. The molecule has 2 N–H and O–H groups in total. The number of hydrogen-bond donors (Lipinski definition) is 2. The van der Waals surface area contributed by atoms with Gasteiger partial charge in [-0.3, -0.25) is 4.79 Å². The van der Waals surface area contributed by atoms with Crippen LogP contribution in [0.3, 0.4) is 0 Å². The maximum absolute atomic E-state index is 11.8. The van der Waals surface area contributed by atoms with Crippen molar-refractivity contribution >= 4 is 33.5 Å². The van der Waals surface area contributed by atoms with Gasteiger partial charge in [0.15, 0.2) is 0 Å². The molecule has 5 nitrogen and oxygen atoms in total. The van der Waals surface area contributed by atoms with Gasteiger partial charge in [0.05, 0.1) is 11.3 Å². The highest BCUT2D eigenvalue weighted by molar-refractivity contribution is 9.10. The first kappa shape index (κ1) is 16.4. The summed E-state index contributed by atoms with van der Waals surface area (Å²) in [5.74, 6) is -2.15. The van der Waals surface area contributed by atoms with E-state index in [1.54, 1.807) is 0 Å².